The van der Waals surface area contributed by atoms with Crippen LogP contribution in [0.25, 0.3) is 0 Å². The van der Waals surface area contributed by atoms with Gasteiger partial charge in [-0.15, -0.1) is 24.8 Å². The molecule has 0 aliphatic heterocycles. The second kappa shape index (κ2) is 24.7. The van der Waals surface area contributed by atoms with E-state index in [2.05, 4.69) is 13.8 Å². The van der Waals surface area contributed by atoms with E-state index >= 15 is 0 Å². The summed E-state index contributed by atoms with van der Waals surface area (Å²) < 4.78 is 0. The molecule has 0 bridgehead atoms. The molecule has 2 N–H and O–H groups in total. The molecule has 0 saturated carbocycles. The molecule has 16 heavy (non-hydrogen) atoms. The zero-order chi connectivity index (χ0) is 11.2. The molecule has 0 rings (SSSR count). The van der Waals surface area contributed by atoms with E-state index in [-0.39, 0.29) is 24.8 Å². The smallest absolute Gasteiger partial charge is 0.00179 e. The van der Waals surface area contributed by atoms with Crippen LogP contribution in [-0.2, 0) is 0 Å². The number of rotatable bonds is 7. The molecule has 0 aliphatic rings. The Labute approximate surface area is 116 Å². The third-order valence-corrected chi connectivity index (χ3v) is 1.96. The Balaban J connectivity index is -0.000000105. The van der Waals surface area contributed by atoms with Crippen molar-refractivity contribution in [1.29, 1.82) is 0 Å². The fraction of sp³-hybridized carbons (Fsp3) is 1.00. The highest BCUT2D eigenvalue weighted by Crippen LogP contribution is 2.07. The van der Waals surface area contributed by atoms with Gasteiger partial charge in [-0.05, 0) is 6.04 Å². The molecular weight excluding hydrogens is 241 g/mol. The van der Waals surface area contributed by atoms with Crippen molar-refractivity contribution in [3.05, 3.63) is 0 Å². The molecule has 0 heterocycles. The summed E-state index contributed by atoms with van der Waals surface area (Å²) >= 11 is 0. The van der Waals surface area contributed by atoms with Crippen molar-refractivity contribution in [3.8, 4) is 0 Å². The Morgan fingerprint density at radius 1 is 0.688 bits per heavy atom. The highest BCUT2D eigenvalue weighted by atomic mass is 35.5. The zero-order valence-corrected chi connectivity index (χ0v) is 13.3. The zero-order valence-electron chi connectivity index (χ0n) is 11.6. The van der Waals surface area contributed by atoms with Crippen LogP contribution < -0.4 is 5.73 Å². The van der Waals surface area contributed by atoms with Crippen LogP contribution in [0.4, 0.5) is 0 Å². The van der Waals surface area contributed by atoms with Crippen molar-refractivity contribution in [2.75, 3.05) is 0 Å². The first-order valence-electron chi connectivity index (χ1n) is 6.40. The summed E-state index contributed by atoms with van der Waals surface area (Å²) in [5.74, 6) is 0. The fourth-order valence-electron chi connectivity index (χ4n) is 1.21. The minimum absolute atomic E-state index is 0. The standard InChI is InChI=1S/C10H22.C3H9N.2ClH/c1-3-5-7-9-10-8-6-4-2;1-3(2)4;;/h3-10H2,1-2H3;3H,4H2,1-2H3;2*1H. The van der Waals surface area contributed by atoms with Gasteiger partial charge in [-0.1, -0.05) is 79.1 Å². The maximum atomic E-state index is 5.11. The first kappa shape index (κ1) is 25.4. The van der Waals surface area contributed by atoms with E-state index in [1.807, 2.05) is 13.8 Å². The van der Waals surface area contributed by atoms with Crippen molar-refractivity contribution in [2.45, 2.75) is 85.1 Å². The Hall–Kier alpha value is 0.540. The van der Waals surface area contributed by atoms with Crippen molar-refractivity contribution in [1.82, 2.24) is 0 Å². The molecule has 0 aromatic carbocycles. The van der Waals surface area contributed by atoms with Crippen LogP contribution >= 0.6 is 24.8 Å². The lowest BCUT2D eigenvalue weighted by molar-refractivity contribution is 0.585. The van der Waals surface area contributed by atoms with Crippen LogP contribution in [0.1, 0.15) is 79.1 Å². The van der Waals surface area contributed by atoms with Gasteiger partial charge < -0.3 is 5.73 Å². The Bertz CT molecular complexity index is 77.2. The summed E-state index contributed by atoms with van der Waals surface area (Å²) in [6.07, 6.45) is 11.5. The Morgan fingerprint density at radius 3 is 1.06 bits per heavy atom. The molecule has 0 aromatic heterocycles. The van der Waals surface area contributed by atoms with Gasteiger partial charge in [0.15, 0.2) is 0 Å². The van der Waals surface area contributed by atoms with Gasteiger partial charge in [-0.2, -0.15) is 0 Å². The fourth-order valence-corrected chi connectivity index (χ4v) is 1.21. The van der Waals surface area contributed by atoms with E-state index in [0.717, 1.165) is 0 Å². The molecule has 0 spiro atoms. The lowest BCUT2D eigenvalue weighted by atomic mass is 10.1. The summed E-state index contributed by atoms with van der Waals surface area (Å²) in [4.78, 5) is 0. The Kier molecular flexibility index (Phi) is 39.2. The molecule has 1 nitrogen and oxygen atoms in total. The van der Waals surface area contributed by atoms with Gasteiger partial charge in [0.25, 0.3) is 0 Å². The number of halogens is 2. The van der Waals surface area contributed by atoms with E-state index < -0.39 is 0 Å². The molecule has 0 atom stereocenters. The highest BCUT2D eigenvalue weighted by Gasteiger charge is 1.87. The second-order valence-corrected chi connectivity index (χ2v) is 4.37. The van der Waals surface area contributed by atoms with Crippen LogP contribution in [0.3, 0.4) is 0 Å². The van der Waals surface area contributed by atoms with Crippen molar-refractivity contribution >= 4 is 24.8 Å². The number of unbranched alkanes of at least 4 members (excludes halogenated alkanes) is 7. The normalized spacial score (nSPS) is 8.62. The van der Waals surface area contributed by atoms with E-state index in [1.54, 1.807) is 0 Å². The average molecular weight is 274 g/mol. The van der Waals surface area contributed by atoms with Gasteiger partial charge in [0, 0.05) is 0 Å². The van der Waals surface area contributed by atoms with Gasteiger partial charge in [0.2, 0.25) is 0 Å². The van der Waals surface area contributed by atoms with Crippen LogP contribution in [0.15, 0.2) is 0 Å². The molecule has 0 saturated heterocycles. The molecule has 0 amide bonds. The van der Waals surface area contributed by atoms with Gasteiger partial charge in [-0.25, -0.2) is 0 Å². The number of hydrogen-bond donors (Lipinski definition) is 1. The lowest BCUT2D eigenvalue weighted by Gasteiger charge is -1.97. The maximum Gasteiger partial charge on any atom is -0.00179 e. The maximum absolute atomic E-state index is 5.11. The molecule has 0 unspecified atom stereocenters. The predicted octanol–water partition coefficient (Wildman–Crippen LogP) is 5.34. The van der Waals surface area contributed by atoms with E-state index in [4.69, 9.17) is 5.73 Å². The van der Waals surface area contributed by atoms with Crippen LogP contribution in [0.5, 0.6) is 0 Å². The second-order valence-electron chi connectivity index (χ2n) is 4.37. The first-order valence-corrected chi connectivity index (χ1v) is 6.40. The van der Waals surface area contributed by atoms with Crippen LogP contribution in [-0.4, -0.2) is 6.04 Å². The molecule has 104 valence electrons. The largest absolute Gasteiger partial charge is 0.328 e. The summed E-state index contributed by atoms with van der Waals surface area (Å²) in [6.45, 7) is 8.43. The third kappa shape index (κ3) is 46.9. The lowest BCUT2D eigenvalue weighted by Crippen LogP contribution is -2.06. The molecule has 0 radical (unpaired) electrons. The summed E-state index contributed by atoms with van der Waals surface area (Å²) in [5, 5.41) is 0. The topological polar surface area (TPSA) is 26.0 Å². The van der Waals surface area contributed by atoms with Crippen molar-refractivity contribution in [3.63, 3.8) is 0 Å². The monoisotopic (exact) mass is 273 g/mol. The van der Waals surface area contributed by atoms with Gasteiger partial charge in [-0.3, -0.25) is 0 Å². The summed E-state index contributed by atoms with van der Waals surface area (Å²) in [6, 6.07) is 0.333. The van der Waals surface area contributed by atoms with Gasteiger partial charge in [0.05, 0.1) is 0 Å². The Morgan fingerprint density at radius 2 is 0.875 bits per heavy atom. The molecule has 0 aliphatic carbocycles. The van der Waals surface area contributed by atoms with Gasteiger partial charge in [0.1, 0.15) is 0 Å². The molecule has 0 fully saturated rings. The first-order chi connectivity index (χ1) is 6.65. The predicted molar refractivity (Wildman–Crippen MR) is 82.1 cm³/mol. The van der Waals surface area contributed by atoms with Crippen LogP contribution in [0, 0.1) is 0 Å². The summed E-state index contributed by atoms with van der Waals surface area (Å²) in [7, 11) is 0. The summed E-state index contributed by atoms with van der Waals surface area (Å²) in [5.41, 5.74) is 5.11. The molecular formula is C13H33Cl2N. The van der Waals surface area contributed by atoms with Crippen molar-refractivity contribution < 1.29 is 0 Å². The van der Waals surface area contributed by atoms with E-state index in [0.29, 0.717) is 6.04 Å². The SMILES string of the molecule is CC(C)N.CCCCCCCCCC.Cl.Cl. The minimum atomic E-state index is 0. The minimum Gasteiger partial charge on any atom is -0.328 e. The quantitative estimate of drug-likeness (QED) is 0.623. The molecule has 3 heteroatoms. The van der Waals surface area contributed by atoms with Gasteiger partial charge >= 0.3 is 0 Å². The van der Waals surface area contributed by atoms with Crippen LogP contribution in [0.2, 0.25) is 0 Å². The third-order valence-electron chi connectivity index (χ3n) is 1.96. The van der Waals surface area contributed by atoms with Crippen molar-refractivity contribution in [2.24, 2.45) is 5.73 Å². The molecule has 0 aromatic rings. The van der Waals surface area contributed by atoms with E-state index in [1.165, 1.54) is 51.4 Å². The number of nitrogens with two attached hydrogens (primary N) is 1. The number of hydrogen-bond acceptors (Lipinski definition) is 1. The highest BCUT2D eigenvalue weighted by molar-refractivity contribution is 5.85. The average Bonchev–Trinajstić information content (AvgIpc) is 2.10. The van der Waals surface area contributed by atoms with E-state index in [9.17, 15) is 0 Å².